The molecule has 168 valence electrons. The topological polar surface area (TPSA) is 120 Å². The molecule has 3 aromatic rings. The number of benzene rings is 1. The predicted octanol–water partition coefficient (Wildman–Crippen LogP) is 3.50. The second-order valence-electron chi connectivity index (χ2n) is 6.85. The van der Waals surface area contributed by atoms with E-state index in [0.29, 0.717) is 17.7 Å². The standard InChI is InChI=1S/C14H19FN4O.C7H8O3S/c1-2-3-4-13-17-14-6-5-12(9-19(14)18-13)20-10-11(7-15)8-16;1-6-2-4-7(5-3-6)11(8,9)10/h5-7,9H,2-4,8,10,16H2,1H3;2-5H,1H3,(H,8,9,10)/b11-7+;. The molecule has 2 heterocycles. The van der Waals surface area contributed by atoms with E-state index in [1.54, 1.807) is 28.9 Å². The van der Waals surface area contributed by atoms with Crippen LogP contribution in [0, 0.1) is 6.92 Å². The fourth-order valence-electron chi connectivity index (χ4n) is 2.46. The molecule has 0 amide bonds. The summed E-state index contributed by atoms with van der Waals surface area (Å²) < 4.78 is 49.1. The monoisotopic (exact) mass is 450 g/mol. The highest BCUT2D eigenvalue weighted by molar-refractivity contribution is 7.85. The molecule has 0 radical (unpaired) electrons. The number of nitrogens with zero attached hydrogens (tertiary/aromatic N) is 3. The number of aryl methyl sites for hydroxylation is 2. The third kappa shape index (κ3) is 7.74. The molecule has 8 nitrogen and oxygen atoms in total. The average Bonchev–Trinajstić information content (AvgIpc) is 3.15. The summed E-state index contributed by atoms with van der Waals surface area (Å²) >= 11 is 0. The number of pyridine rings is 1. The van der Waals surface area contributed by atoms with Crippen LogP contribution >= 0.6 is 0 Å². The molecule has 2 aromatic heterocycles. The molecule has 0 atom stereocenters. The molecular weight excluding hydrogens is 423 g/mol. The Hall–Kier alpha value is -2.82. The fourth-order valence-corrected chi connectivity index (χ4v) is 2.94. The van der Waals surface area contributed by atoms with Gasteiger partial charge < -0.3 is 10.5 Å². The van der Waals surface area contributed by atoms with Crippen molar-refractivity contribution in [2.24, 2.45) is 5.73 Å². The van der Waals surface area contributed by atoms with Crippen molar-refractivity contribution in [3.8, 4) is 5.75 Å². The fraction of sp³-hybridized carbons (Fsp3) is 0.333. The van der Waals surface area contributed by atoms with E-state index in [2.05, 4.69) is 17.0 Å². The molecule has 3 N–H and O–H groups in total. The Balaban J connectivity index is 0.000000262. The summed E-state index contributed by atoms with van der Waals surface area (Å²) in [6, 6.07) is 9.61. The number of halogens is 1. The first-order chi connectivity index (χ1) is 14.8. The Bertz CT molecular complexity index is 1110. The van der Waals surface area contributed by atoms with E-state index in [1.807, 2.05) is 13.0 Å². The summed E-state index contributed by atoms with van der Waals surface area (Å²) in [5.41, 5.74) is 7.52. The van der Waals surface area contributed by atoms with Gasteiger partial charge in [0.25, 0.3) is 10.1 Å². The molecule has 0 aliphatic heterocycles. The molecular formula is C21H27FN4O4S. The van der Waals surface area contributed by atoms with Gasteiger partial charge in [0.15, 0.2) is 11.5 Å². The smallest absolute Gasteiger partial charge is 0.294 e. The van der Waals surface area contributed by atoms with E-state index in [-0.39, 0.29) is 18.0 Å². The van der Waals surface area contributed by atoms with Crippen molar-refractivity contribution in [1.82, 2.24) is 14.6 Å². The lowest BCUT2D eigenvalue weighted by Gasteiger charge is -2.06. The second kappa shape index (κ2) is 11.5. The van der Waals surface area contributed by atoms with Gasteiger partial charge in [0.1, 0.15) is 12.4 Å². The van der Waals surface area contributed by atoms with Crippen molar-refractivity contribution in [1.29, 1.82) is 0 Å². The zero-order valence-corrected chi connectivity index (χ0v) is 18.3. The Kier molecular flexibility index (Phi) is 9.10. The lowest BCUT2D eigenvalue weighted by molar-refractivity contribution is 0.345. The summed E-state index contributed by atoms with van der Waals surface area (Å²) in [7, 11) is -4.02. The lowest BCUT2D eigenvalue weighted by Crippen LogP contribution is -2.11. The number of ether oxygens (including phenoxy) is 1. The van der Waals surface area contributed by atoms with Crippen LogP contribution in [0.15, 0.2) is 59.4 Å². The largest absolute Gasteiger partial charge is 0.487 e. The Morgan fingerprint density at radius 3 is 2.55 bits per heavy atom. The van der Waals surface area contributed by atoms with Gasteiger partial charge in [0.2, 0.25) is 0 Å². The quantitative estimate of drug-likeness (QED) is 0.504. The van der Waals surface area contributed by atoms with Crippen molar-refractivity contribution < 1.29 is 22.1 Å². The van der Waals surface area contributed by atoms with E-state index in [9.17, 15) is 12.8 Å². The number of nitrogens with two attached hydrogens (primary N) is 1. The first-order valence-electron chi connectivity index (χ1n) is 9.77. The van der Waals surface area contributed by atoms with E-state index in [1.165, 1.54) is 12.1 Å². The van der Waals surface area contributed by atoms with Crippen LogP contribution < -0.4 is 10.5 Å². The molecule has 0 saturated carbocycles. The maximum atomic E-state index is 12.4. The lowest BCUT2D eigenvalue weighted by atomic mass is 10.2. The molecule has 0 spiro atoms. The van der Waals surface area contributed by atoms with Gasteiger partial charge in [-0.25, -0.2) is 13.9 Å². The van der Waals surface area contributed by atoms with Crippen molar-refractivity contribution >= 4 is 15.8 Å². The Morgan fingerprint density at radius 1 is 1.26 bits per heavy atom. The zero-order chi connectivity index (χ0) is 22.9. The minimum absolute atomic E-state index is 0.0666. The third-order valence-electron chi connectivity index (χ3n) is 4.26. The third-order valence-corrected chi connectivity index (χ3v) is 5.13. The maximum absolute atomic E-state index is 12.4. The van der Waals surface area contributed by atoms with Gasteiger partial charge in [0.05, 0.1) is 17.4 Å². The van der Waals surface area contributed by atoms with E-state index in [0.717, 1.165) is 36.3 Å². The molecule has 0 saturated heterocycles. The summed E-state index contributed by atoms with van der Waals surface area (Å²) in [6.45, 7) is 4.25. The number of hydrogen-bond donors (Lipinski definition) is 2. The first kappa shape index (κ1) is 24.4. The van der Waals surface area contributed by atoms with Crippen molar-refractivity contribution in [2.75, 3.05) is 13.2 Å². The number of unbranched alkanes of at least 4 members (excludes halogenated alkanes) is 1. The van der Waals surface area contributed by atoms with Crippen LogP contribution in [0.4, 0.5) is 4.39 Å². The molecule has 0 aliphatic rings. The first-order valence-corrected chi connectivity index (χ1v) is 11.2. The predicted molar refractivity (Wildman–Crippen MR) is 116 cm³/mol. The molecule has 0 aliphatic carbocycles. The van der Waals surface area contributed by atoms with Crippen molar-refractivity contribution in [3.05, 3.63) is 65.9 Å². The Morgan fingerprint density at radius 2 is 1.97 bits per heavy atom. The number of fused-ring (bicyclic) bond motifs is 1. The number of rotatable bonds is 8. The molecule has 31 heavy (non-hydrogen) atoms. The minimum Gasteiger partial charge on any atom is -0.487 e. The summed E-state index contributed by atoms with van der Waals surface area (Å²) in [5, 5.41) is 4.39. The summed E-state index contributed by atoms with van der Waals surface area (Å²) in [6.07, 6.45) is 5.28. The summed E-state index contributed by atoms with van der Waals surface area (Å²) in [5.74, 6) is 1.44. The molecule has 0 fully saturated rings. The molecule has 10 heteroatoms. The minimum atomic E-state index is -4.02. The van der Waals surface area contributed by atoms with Crippen LogP contribution in [0.2, 0.25) is 0 Å². The average molecular weight is 451 g/mol. The molecule has 0 unspecified atom stereocenters. The highest BCUT2D eigenvalue weighted by Crippen LogP contribution is 2.14. The van der Waals surface area contributed by atoms with Gasteiger partial charge in [-0.3, -0.25) is 4.55 Å². The van der Waals surface area contributed by atoms with E-state index < -0.39 is 10.1 Å². The zero-order valence-electron chi connectivity index (χ0n) is 17.5. The summed E-state index contributed by atoms with van der Waals surface area (Å²) in [4.78, 5) is 4.36. The molecule has 1 aromatic carbocycles. The number of aromatic nitrogens is 3. The molecule has 0 bridgehead atoms. The van der Waals surface area contributed by atoms with Gasteiger partial charge in [-0.15, -0.1) is 0 Å². The van der Waals surface area contributed by atoms with Crippen LogP contribution in [-0.4, -0.2) is 40.7 Å². The SMILES string of the molecule is CCCCc1nc2ccc(OC/C(=C/F)CN)cn2n1.Cc1ccc(S(=O)(=O)O)cc1. The van der Waals surface area contributed by atoms with E-state index >= 15 is 0 Å². The van der Waals surface area contributed by atoms with Crippen LogP contribution in [-0.2, 0) is 16.5 Å². The highest BCUT2D eigenvalue weighted by Gasteiger charge is 2.07. The van der Waals surface area contributed by atoms with Crippen molar-refractivity contribution in [2.45, 2.75) is 38.0 Å². The molecule has 3 rings (SSSR count). The Labute approximate surface area is 181 Å². The van der Waals surface area contributed by atoms with Gasteiger partial charge in [-0.05, 0) is 37.6 Å². The van der Waals surface area contributed by atoms with Crippen LogP contribution in [0.5, 0.6) is 5.75 Å². The van der Waals surface area contributed by atoms with Gasteiger partial charge in [0, 0.05) is 18.5 Å². The van der Waals surface area contributed by atoms with Gasteiger partial charge in [-0.1, -0.05) is 31.0 Å². The number of hydrogen-bond acceptors (Lipinski definition) is 6. The van der Waals surface area contributed by atoms with Crippen LogP contribution in [0.25, 0.3) is 5.65 Å². The van der Waals surface area contributed by atoms with Gasteiger partial charge in [-0.2, -0.15) is 13.5 Å². The van der Waals surface area contributed by atoms with E-state index in [4.69, 9.17) is 15.0 Å². The van der Waals surface area contributed by atoms with Crippen LogP contribution in [0.1, 0.15) is 31.2 Å². The van der Waals surface area contributed by atoms with Crippen molar-refractivity contribution in [3.63, 3.8) is 0 Å². The van der Waals surface area contributed by atoms with Gasteiger partial charge >= 0.3 is 0 Å². The normalized spacial score (nSPS) is 11.8. The maximum Gasteiger partial charge on any atom is 0.294 e. The van der Waals surface area contributed by atoms with Crippen LogP contribution in [0.3, 0.4) is 0 Å². The highest BCUT2D eigenvalue weighted by atomic mass is 32.2. The second-order valence-corrected chi connectivity index (χ2v) is 8.27.